The van der Waals surface area contributed by atoms with Crippen molar-refractivity contribution in [3.63, 3.8) is 0 Å². The van der Waals surface area contributed by atoms with Gasteiger partial charge >= 0.3 is 0 Å². The molecule has 2 N–H and O–H groups in total. The first-order valence-corrected chi connectivity index (χ1v) is 8.93. The molecule has 0 spiro atoms. The molecule has 0 saturated heterocycles. The SMILES string of the molecule is Cc1nn(C)cc1Nc1nn(CC2CC2(F)F)c2cc(C(C)(C)O)ccc12. The number of aryl methyl sites for hydroxylation is 2. The second-order valence-corrected chi connectivity index (χ2v) is 7.91. The fourth-order valence-corrected chi connectivity index (χ4v) is 3.31. The average molecular weight is 375 g/mol. The van der Waals surface area contributed by atoms with Crippen LogP contribution in [0, 0.1) is 12.8 Å². The van der Waals surface area contributed by atoms with E-state index in [2.05, 4.69) is 15.5 Å². The summed E-state index contributed by atoms with van der Waals surface area (Å²) in [7, 11) is 1.83. The Labute approximate surface area is 155 Å². The lowest BCUT2D eigenvalue weighted by atomic mass is 9.97. The Hall–Kier alpha value is -2.48. The average Bonchev–Trinajstić information content (AvgIpc) is 2.85. The fourth-order valence-electron chi connectivity index (χ4n) is 3.31. The van der Waals surface area contributed by atoms with Crippen LogP contribution >= 0.6 is 0 Å². The van der Waals surface area contributed by atoms with E-state index in [0.717, 1.165) is 22.3 Å². The third kappa shape index (κ3) is 3.29. The molecule has 0 radical (unpaired) electrons. The molecule has 1 aliphatic rings. The number of aliphatic hydroxyl groups is 1. The van der Waals surface area contributed by atoms with Gasteiger partial charge in [0.05, 0.1) is 29.0 Å². The first-order chi connectivity index (χ1) is 12.5. The Bertz CT molecular complexity index is 1020. The van der Waals surface area contributed by atoms with Crippen molar-refractivity contribution < 1.29 is 13.9 Å². The van der Waals surface area contributed by atoms with E-state index in [0.29, 0.717) is 11.4 Å². The highest BCUT2D eigenvalue weighted by Gasteiger charge is 2.57. The highest BCUT2D eigenvalue weighted by Crippen LogP contribution is 2.49. The predicted octanol–water partition coefficient (Wildman–Crippen LogP) is 3.70. The van der Waals surface area contributed by atoms with Gasteiger partial charge in [0.15, 0.2) is 5.82 Å². The van der Waals surface area contributed by atoms with Crippen molar-refractivity contribution >= 4 is 22.4 Å². The molecule has 1 atom stereocenters. The largest absolute Gasteiger partial charge is 0.386 e. The molecule has 27 heavy (non-hydrogen) atoms. The number of aromatic nitrogens is 4. The van der Waals surface area contributed by atoms with Crippen LogP contribution in [0.1, 0.15) is 31.5 Å². The van der Waals surface area contributed by atoms with Crippen molar-refractivity contribution in [2.75, 3.05) is 5.32 Å². The van der Waals surface area contributed by atoms with Crippen molar-refractivity contribution in [1.29, 1.82) is 0 Å². The summed E-state index contributed by atoms with van der Waals surface area (Å²) >= 11 is 0. The first kappa shape index (κ1) is 17.9. The zero-order chi connectivity index (χ0) is 19.6. The molecule has 2 heterocycles. The number of halogens is 2. The van der Waals surface area contributed by atoms with Crippen LogP contribution in [0.4, 0.5) is 20.3 Å². The molecular weight excluding hydrogens is 352 g/mol. The van der Waals surface area contributed by atoms with Crippen molar-refractivity contribution in [3.05, 3.63) is 35.7 Å². The molecule has 6 nitrogen and oxygen atoms in total. The Kier molecular flexibility index (Phi) is 3.82. The second-order valence-electron chi connectivity index (χ2n) is 7.91. The minimum atomic E-state index is -2.61. The maximum atomic E-state index is 13.5. The molecule has 1 aliphatic carbocycles. The Balaban J connectivity index is 1.78. The van der Waals surface area contributed by atoms with Gasteiger partial charge in [-0.15, -0.1) is 0 Å². The number of anilines is 2. The lowest BCUT2D eigenvalue weighted by Gasteiger charge is -2.18. The molecule has 0 amide bonds. The van der Waals surface area contributed by atoms with Gasteiger partial charge in [-0.3, -0.25) is 9.36 Å². The monoisotopic (exact) mass is 375 g/mol. The predicted molar refractivity (Wildman–Crippen MR) is 99.3 cm³/mol. The molecule has 0 bridgehead atoms. The lowest BCUT2D eigenvalue weighted by Crippen LogP contribution is -2.15. The van der Waals surface area contributed by atoms with Gasteiger partial charge < -0.3 is 10.4 Å². The molecule has 3 aromatic rings. The van der Waals surface area contributed by atoms with Gasteiger partial charge in [0, 0.05) is 31.0 Å². The van der Waals surface area contributed by atoms with Crippen molar-refractivity contribution in [2.24, 2.45) is 13.0 Å². The minimum absolute atomic E-state index is 0.107. The van der Waals surface area contributed by atoms with Crippen molar-refractivity contribution in [3.8, 4) is 0 Å². The van der Waals surface area contributed by atoms with E-state index in [1.165, 1.54) is 0 Å². The summed E-state index contributed by atoms with van der Waals surface area (Å²) in [6, 6.07) is 5.52. The molecule has 1 unspecified atom stereocenters. The van der Waals surface area contributed by atoms with Gasteiger partial charge in [0.1, 0.15) is 0 Å². The molecule has 1 fully saturated rings. The van der Waals surface area contributed by atoms with Crippen LogP contribution in [0.25, 0.3) is 10.9 Å². The second kappa shape index (κ2) is 5.76. The van der Waals surface area contributed by atoms with E-state index in [9.17, 15) is 13.9 Å². The van der Waals surface area contributed by atoms with Gasteiger partial charge in [-0.25, -0.2) is 8.78 Å². The van der Waals surface area contributed by atoms with Crippen LogP contribution in [-0.2, 0) is 19.2 Å². The summed E-state index contributed by atoms with van der Waals surface area (Å²) < 4.78 is 30.2. The molecular formula is C19H23F2N5O. The van der Waals surface area contributed by atoms with Crippen LogP contribution in [-0.4, -0.2) is 30.6 Å². The van der Waals surface area contributed by atoms with Crippen LogP contribution in [0.15, 0.2) is 24.4 Å². The van der Waals surface area contributed by atoms with Crippen molar-refractivity contribution in [2.45, 2.75) is 45.3 Å². The minimum Gasteiger partial charge on any atom is -0.386 e. The van der Waals surface area contributed by atoms with Gasteiger partial charge in [0.2, 0.25) is 0 Å². The quantitative estimate of drug-likeness (QED) is 0.713. The lowest BCUT2D eigenvalue weighted by molar-refractivity contribution is 0.0786. The van der Waals surface area contributed by atoms with Crippen LogP contribution in [0.3, 0.4) is 0 Å². The summed E-state index contributed by atoms with van der Waals surface area (Å²) in [5.74, 6) is -2.72. The van der Waals surface area contributed by atoms with E-state index in [1.54, 1.807) is 23.2 Å². The summed E-state index contributed by atoms with van der Waals surface area (Å²) in [4.78, 5) is 0. The van der Waals surface area contributed by atoms with Gasteiger partial charge in [-0.2, -0.15) is 10.2 Å². The maximum absolute atomic E-state index is 13.5. The zero-order valence-electron chi connectivity index (χ0n) is 15.8. The zero-order valence-corrected chi connectivity index (χ0v) is 15.8. The first-order valence-electron chi connectivity index (χ1n) is 8.93. The van der Waals surface area contributed by atoms with Gasteiger partial charge in [0.25, 0.3) is 5.92 Å². The summed E-state index contributed by atoms with van der Waals surface area (Å²) in [6.45, 7) is 5.43. The number of fused-ring (bicyclic) bond motifs is 1. The molecule has 4 rings (SSSR count). The van der Waals surface area contributed by atoms with Crippen molar-refractivity contribution in [1.82, 2.24) is 19.6 Å². The summed E-state index contributed by atoms with van der Waals surface area (Å²) in [5, 5.41) is 23.3. The molecule has 8 heteroatoms. The number of benzene rings is 1. The van der Waals surface area contributed by atoms with Gasteiger partial charge in [-0.05, 0) is 38.5 Å². The Morgan fingerprint density at radius 1 is 1.33 bits per heavy atom. The molecule has 144 valence electrons. The number of alkyl halides is 2. The van der Waals surface area contributed by atoms with Crippen LogP contribution in [0.2, 0.25) is 0 Å². The highest BCUT2D eigenvalue weighted by atomic mass is 19.3. The smallest absolute Gasteiger partial charge is 0.253 e. The van der Waals surface area contributed by atoms with E-state index in [-0.39, 0.29) is 13.0 Å². The Morgan fingerprint density at radius 2 is 2.04 bits per heavy atom. The normalized spacial score (nSPS) is 18.9. The standard InChI is InChI=1S/C19H23F2N5O/c1-11-15(10-25(4)23-11)22-17-14-6-5-12(18(2,3)27)7-16(14)26(24-17)9-13-8-19(13,20)21/h5-7,10,13,27H,8-9H2,1-4H3,(H,22,24). The maximum Gasteiger partial charge on any atom is 0.253 e. The Morgan fingerprint density at radius 3 is 2.59 bits per heavy atom. The molecule has 1 aromatic carbocycles. The molecule has 0 aliphatic heterocycles. The van der Waals surface area contributed by atoms with E-state index in [1.807, 2.05) is 38.4 Å². The number of nitrogens with zero attached hydrogens (tertiary/aromatic N) is 4. The summed E-state index contributed by atoms with van der Waals surface area (Å²) in [5.41, 5.74) is 2.04. The third-order valence-corrected chi connectivity index (χ3v) is 5.07. The number of hydrogen-bond donors (Lipinski definition) is 2. The topological polar surface area (TPSA) is 67.9 Å². The molecule has 1 saturated carbocycles. The third-order valence-electron chi connectivity index (χ3n) is 5.07. The number of nitrogens with one attached hydrogen (secondary N) is 1. The van der Waals surface area contributed by atoms with E-state index >= 15 is 0 Å². The van der Waals surface area contributed by atoms with E-state index < -0.39 is 17.4 Å². The van der Waals surface area contributed by atoms with E-state index in [4.69, 9.17) is 0 Å². The van der Waals surface area contributed by atoms with Crippen LogP contribution in [0.5, 0.6) is 0 Å². The number of rotatable bonds is 5. The van der Waals surface area contributed by atoms with Crippen LogP contribution < -0.4 is 5.32 Å². The summed E-state index contributed by atoms with van der Waals surface area (Å²) in [6.07, 6.45) is 1.74. The number of hydrogen-bond acceptors (Lipinski definition) is 4. The van der Waals surface area contributed by atoms with Gasteiger partial charge in [-0.1, -0.05) is 6.07 Å². The highest BCUT2D eigenvalue weighted by molar-refractivity contribution is 5.92. The fraction of sp³-hybridized carbons (Fsp3) is 0.474. The molecule has 2 aromatic heterocycles.